The predicted octanol–water partition coefficient (Wildman–Crippen LogP) is 3.40. The Kier molecular flexibility index (Phi) is 5.51. The van der Waals surface area contributed by atoms with Crippen molar-refractivity contribution in [3.8, 4) is 11.5 Å². The van der Waals surface area contributed by atoms with Crippen LogP contribution in [0.5, 0.6) is 0 Å². The van der Waals surface area contributed by atoms with Crippen LogP contribution in [0.1, 0.15) is 49.9 Å². The zero-order chi connectivity index (χ0) is 20.4. The number of amides is 3. The largest absolute Gasteiger partial charge is 0.341 e. The van der Waals surface area contributed by atoms with Crippen LogP contribution >= 0.6 is 0 Å². The highest BCUT2D eigenvalue weighted by molar-refractivity contribution is 5.93. The molecule has 2 heterocycles. The average molecular weight is 397 g/mol. The Morgan fingerprint density at radius 2 is 2.14 bits per heavy atom. The molecule has 1 aliphatic carbocycles. The first-order valence-corrected chi connectivity index (χ1v) is 10.3. The maximum atomic E-state index is 12.7. The molecule has 3 amide bonds. The van der Waals surface area contributed by atoms with Crippen LogP contribution < -0.4 is 5.32 Å². The first-order valence-electron chi connectivity index (χ1n) is 10.3. The molecule has 1 saturated carbocycles. The Hall–Kier alpha value is -2.90. The van der Waals surface area contributed by atoms with E-state index < -0.39 is 0 Å². The minimum Gasteiger partial charge on any atom is -0.341 e. The van der Waals surface area contributed by atoms with Gasteiger partial charge in [0.1, 0.15) is 6.54 Å². The first kappa shape index (κ1) is 19.4. The number of carbonyl (C=O) groups excluding carboxylic acids is 2. The fourth-order valence-electron chi connectivity index (χ4n) is 3.59. The highest BCUT2D eigenvalue weighted by Gasteiger charge is 2.29. The molecule has 8 heteroatoms. The second kappa shape index (κ2) is 8.23. The van der Waals surface area contributed by atoms with Gasteiger partial charge in [-0.15, -0.1) is 0 Å². The maximum absolute atomic E-state index is 12.7. The molecule has 0 radical (unpaired) electrons. The van der Waals surface area contributed by atoms with E-state index in [-0.39, 0.29) is 18.5 Å². The molecular weight excluding hydrogens is 370 g/mol. The van der Waals surface area contributed by atoms with E-state index in [0.717, 1.165) is 49.2 Å². The van der Waals surface area contributed by atoms with E-state index in [1.54, 1.807) is 4.90 Å². The second-order valence-electron chi connectivity index (χ2n) is 7.85. The summed E-state index contributed by atoms with van der Waals surface area (Å²) in [6, 6.07) is 5.38. The number of anilines is 1. The first-order chi connectivity index (χ1) is 14.0. The van der Waals surface area contributed by atoms with Gasteiger partial charge in [0.25, 0.3) is 5.89 Å². The van der Waals surface area contributed by atoms with Crippen LogP contribution in [0.2, 0.25) is 0 Å². The number of nitrogens with zero attached hydrogens (tertiary/aromatic N) is 4. The molecule has 2 aliphatic rings. The number of carbonyl (C=O) groups is 2. The zero-order valence-electron chi connectivity index (χ0n) is 17.0. The van der Waals surface area contributed by atoms with E-state index in [0.29, 0.717) is 30.6 Å². The van der Waals surface area contributed by atoms with Crippen LogP contribution in [0.4, 0.5) is 10.5 Å². The molecule has 154 valence electrons. The fourth-order valence-corrected chi connectivity index (χ4v) is 3.59. The number of urea groups is 1. The monoisotopic (exact) mass is 397 g/mol. The van der Waals surface area contributed by atoms with Crippen LogP contribution in [-0.2, 0) is 4.79 Å². The quantitative estimate of drug-likeness (QED) is 0.835. The molecule has 0 atom stereocenters. The molecule has 0 unspecified atom stereocenters. The molecule has 2 fully saturated rings. The normalized spacial score (nSPS) is 17.4. The number of nitrogens with one attached hydrogen (secondary N) is 1. The van der Waals surface area contributed by atoms with E-state index in [1.807, 2.05) is 30.0 Å². The highest BCUT2D eigenvalue weighted by Crippen LogP contribution is 2.39. The Morgan fingerprint density at radius 1 is 1.31 bits per heavy atom. The van der Waals surface area contributed by atoms with Crippen LogP contribution in [-0.4, -0.2) is 58.1 Å². The molecule has 1 N–H and O–H groups in total. The lowest BCUT2D eigenvalue weighted by atomic mass is 10.1. The molecule has 0 bridgehead atoms. The van der Waals surface area contributed by atoms with Crippen molar-refractivity contribution in [3.05, 3.63) is 29.6 Å². The van der Waals surface area contributed by atoms with Crippen molar-refractivity contribution in [2.24, 2.45) is 0 Å². The van der Waals surface area contributed by atoms with Gasteiger partial charge in [-0.1, -0.05) is 12.1 Å². The lowest BCUT2D eigenvalue weighted by Crippen LogP contribution is -2.41. The third-order valence-electron chi connectivity index (χ3n) is 5.41. The minimum absolute atomic E-state index is 0.00873. The maximum Gasteiger partial charge on any atom is 0.322 e. The highest BCUT2D eigenvalue weighted by atomic mass is 16.5. The van der Waals surface area contributed by atoms with Gasteiger partial charge in [0.15, 0.2) is 5.82 Å². The minimum atomic E-state index is -0.249. The Labute approximate surface area is 170 Å². The van der Waals surface area contributed by atoms with Gasteiger partial charge in [0, 0.05) is 36.8 Å². The third kappa shape index (κ3) is 4.41. The van der Waals surface area contributed by atoms with Gasteiger partial charge < -0.3 is 19.6 Å². The summed E-state index contributed by atoms with van der Waals surface area (Å²) in [7, 11) is 0. The molecule has 1 saturated heterocycles. The molecule has 29 heavy (non-hydrogen) atoms. The standard InChI is InChI=1S/C21H27N5O3/c1-3-9-25-10-4-11-26(13-18(25)27)21(28)22-17-8-7-16(12-14(17)2)20-23-19(24-29-20)15-5-6-15/h7-8,12,15H,3-6,9-11,13H2,1-2H3,(H,22,28). The summed E-state index contributed by atoms with van der Waals surface area (Å²) in [5.74, 6) is 1.73. The summed E-state index contributed by atoms with van der Waals surface area (Å²) in [5.41, 5.74) is 2.44. The van der Waals surface area contributed by atoms with Gasteiger partial charge in [-0.2, -0.15) is 4.98 Å². The van der Waals surface area contributed by atoms with Crippen molar-refractivity contribution in [1.29, 1.82) is 0 Å². The lowest BCUT2D eigenvalue weighted by Gasteiger charge is -2.22. The van der Waals surface area contributed by atoms with Gasteiger partial charge >= 0.3 is 6.03 Å². The van der Waals surface area contributed by atoms with Crippen molar-refractivity contribution in [3.63, 3.8) is 0 Å². The molecule has 4 rings (SSSR count). The number of benzene rings is 1. The molecule has 0 spiro atoms. The smallest absolute Gasteiger partial charge is 0.322 e. The van der Waals surface area contributed by atoms with Crippen LogP contribution in [0, 0.1) is 6.92 Å². The van der Waals surface area contributed by atoms with Crippen LogP contribution in [0.25, 0.3) is 11.5 Å². The molecule has 1 aliphatic heterocycles. The topological polar surface area (TPSA) is 91.6 Å². The molecule has 1 aromatic carbocycles. The average Bonchev–Trinajstić information content (AvgIpc) is 3.47. The van der Waals surface area contributed by atoms with Gasteiger partial charge in [-0.25, -0.2) is 4.79 Å². The Balaban J connectivity index is 1.42. The van der Waals surface area contributed by atoms with Crippen LogP contribution in [0.15, 0.2) is 22.7 Å². The molecular formula is C21H27N5O3. The zero-order valence-corrected chi connectivity index (χ0v) is 17.0. The summed E-state index contributed by atoms with van der Waals surface area (Å²) < 4.78 is 5.38. The van der Waals surface area contributed by atoms with Crippen molar-refractivity contribution in [1.82, 2.24) is 19.9 Å². The van der Waals surface area contributed by atoms with E-state index in [2.05, 4.69) is 22.4 Å². The number of aryl methyl sites for hydroxylation is 1. The van der Waals surface area contributed by atoms with Crippen molar-refractivity contribution >= 4 is 17.6 Å². The van der Waals surface area contributed by atoms with Crippen molar-refractivity contribution < 1.29 is 14.1 Å². The number of aromatic nitrogens is 2. The van der Waals surface area contributed by atoms with Crippen LogP contribution in [0.3, 0.4) is 0 Å². The summed E-state index contributed by atoms with van der Waals surface area (Å²) in [6.45, 7) is 6.12. The SMILES string of the molecule is CCCN1CCCN(C(=O)Nc2ccc(-c3nc(C4CC4)no3)cc2C)CC1=O. The van der Waals surface area contributed by atoms with E-state index in [9.17, 15) is 9.59 Å². The molecule has 8 nitrogen and oxygen atoms in total. The van der Waals surface area contributed by atoms with Gasteiger partial charge in [0.2, 0.25) is 5.91 Å². The summed E-state index contributed by atoms with van der Waals surface area (Å²) in [6.07, 6.45) is 3.96. The predicted molar refractivity (Wildman–Crippen MR) is 109 cm³/mol. The fraction of sp³-hybridized carbons (Fsp3) is 0.524. The van der Waals surface area contributed by atoms with Gasteiger partial charge in [-0.3, -0.25) is 4.79 Å². The summed E-state index contributed by atoms with van der Waals surface area (Å²) in [5, 5.41) is 6.99. The molecule has 1 aromatic heterocycles. The van der Waals surface area contributed by atoms with E-state index in [1.165, 1.54) is 0 Å². The number of hydrogen-bond donors (Lipinski definition) is 1. The Bertz CT molecular complexity index is 905. The van der Waals surface area contributed by atoms with Gasteiger partial charge in [0.05, 0.1) is 0 Å². The Morgan fingerprint density at radius 3 is 2.86 bits per heavy atom. The summed E-state index contributed by atoms with van der Waals surface area (Å²) in [4.78, 5) is 33.0. The molecule has 2 aromatic rings. The lowest BCUT2D eigenvalue weighted by molar-refractivity contribution is -0.130. The van der Waals surface area contributed by atoms with Gasteiger partial charge in [-0.05, 0) is 56.4 Å². The third-order valence-corrected chi connectivity index (χ3v) is 5.41. The summed E-state index contributed by atoms with van der Waals surface area (Å²) >= 11 is 0. The van der Waals surface area contributed by atoms with Crippen molar-refractivity contribution in [2.75, 3.05) is 31.5 Å². The van der Waals surface area contributed by atoms with Crippen molar-refractivity contribution in [2.45, 2.75) is 45.4 Å². The van der Waals surface area contributed by atoms with E-state index in [4.69, 9.17) is 4.52 Å². The number of hydrogen-bond acceptors (Lipinski definition) is 5. The number of rotatable bonds is 5. The van der Waals surface area contributed by atoms with E-state index >= 15 is 0 Å². The second-order valence-corrected chi connectivity index (χ2v) is 7.85.